The zero-order valence-corrected chi connectivity index (χ0v) is 9.84. The Hall–Kier alpha value is -0.160. The van der Waals surface area contributed by atoms with Crippen molar-refractivity contribution in [3.05, 3.63) is 0 Å². The molecule has 0 aromatic carbocycles. The molecule has 0 spiro atoms. The highest BCUT2D eigenvalue weighted by Gasteiger charge is 2.45. The van der Waals surface area contributed by atoms with Crippen LogP contribution < -0.4 is 0 Å². The molecule has 90 valence electrons. The Labute approximate surface area is 90.9 Å². The van der Waals surface area contributed by atoms with Gasteiger partial charge in [-0.2, -0.15) is 0 Å². The maximum absolute atomic E-state index is 9.84. The first-order valence-electron chi connectivity index (χ1n) is 5.41. The van der Waals surface area contributed by atoms with Crippen LogP contribution in [0.5, 0.6) is 0 Å². The molecule has 5 atom stereocenters. The quantitative estimate of drug-likeness (QED) is 0.586. The SMILES string of the molecule is CC1[C@@H](O)[C@H](O)C(CO)O[C@@H]1C(C)(C)C. The molecule has 4 nitrogen and oxygen atoms in total. The fraction of sp³-hybridized carbons (Fsp3) is 1.00. The van der Waals surface area contributed by atoms with Crippen molar-refractivity contribution in [2.45, 2.75) is 52.1 Å². The lowest BCUT2D eigenvalue weighted by Crippen LogP contribution is -2.57. The van der Waals surface area contributed by atoms with Gasteiger partial charge >= 0.3 is 0 Å². The Balaban J connectivity index is 2.83. The topological polar surface area (TPSA) is 69.9 Å². The van der Waals surface area contributed by atoms with Gasteiger partial charge in [-0.3, -0.25) is 0 Å². The van der Waals surface area contributed by atoms with Crippen molar-refractivity contribution in [2.75, 3.05) is 6.61 Å². The molecule has 3 N–H and O–H groups in total. The first-order chi connectivity index (χ1) is 6.79. The monoisotopic (exact) mass is 218 g/mol. The first-order valence-corrected chi connectivity index (χ1v) is 5.41. The second-order valence-electron chi connectivity index (χ2n) is 5.48. The lowest BCUT2D eigenvalue weighted by atomic mass is 9.76. The average Bonchev–Trinajstić information content (AvgIpc) is 2.13. The molecule has 1 aliphatic rings. The molecule has 4 heteroatoms. The molecule has 1 rings (SSSR count). The minimum Gasteiger partial charge on any atom is -0.394 e. The lowest BCUT2D eigenvalue weighted by Gasteiger charge is -2.46. The molecule has 0 aliphatic carbocycles. The highest BCUT2D eigenvalue weighted by Crippen LogP contribution is 2.36. The summed E-state index contributed by atoms with van der Waals surface area (Å²) < 4.78 is 5.63. The van der Waals surface area contributed by atoms with E-state index in [4.69, 9.17) is 9.84 Å². The van der Waals surface area contributed by atoms with Crippen LogP contribution in [0.2, 0.25) is 0 Å². The maximum Gasteiger partial charge on any atom is 0.109 e. The third-order valence-electron chi connectivity index (χ3n) is 3.10. The number of aliphatic hydroxyl groups excluding tert-OH is 3. The van der Waals surface area contributed by atoms with Crippen LogP contribution >= 0.6 is 0 Å². The number of hydrogen-bond acceptors (Lipinski definition) is 4. The first kappa shape index (κ1) is 12.9. The van der Waals surface area contributed by atoms with Gasteiger partial charge in [-0.05, 0) is 5.41 Å². The number of rotatable bonds is 1. The van der Waals surface area contributed by atoms with Crippen molar-refractivity contribution in [3.8, 4) is 0 Å². The Morgan fingerprint density at radius 1 is 1.13 bits per heavy atom. The fourth-order valence-electron chi connectivity index (χ4n) is 2.25. The van der Waals surface area contributed by atoms with Gasteiger partial charge in [0.05, 0.1) is 18.8 Å². The Morgan fingerprint density at radius 3 is 2.07 bits per heavy atom. The molecule has 0 saturated carbocycles. The molecular formula is C11H22O4. The molecule has 15 heavy (non-hydrogen) atoms. The minimum atomic E-state index is -0.997. The normalized spacial score (nSPS) is 43.0. The third-order valence-corrected chi connectivity index (χ3v) is 3.10. The second-order valence-corrected chi connectivity index (χ2v) is 5.48. The Morgan fingerprint density at radius 2 is 1.67 bits per heavy atom. The molecule has 0 aromatic heterocycles. The van der Waals surface area contributed by atoms with Crippen LogP contribution in [-0.2, 0) is 4.74 Å². The minimum absolute atomic E-state index is 0.117. The molecule has 2 unspecified atom stereocenters. The second kappa shape index (κ2) is 4.37. The highest BCUT2D eigenvalue weighted by molar-refractivity contribution is 4.94. The maximum atomic E-state index is 9.84. The van der Waals surface area contributed by atoms with Crippen LogP contribution in [0.25, 0.3) is 0 Å². The smallest absolute Gasteiger partial charge is 0.109 e. The van der Waals surface area contributed by atoms with E-state index < -0.39 is 18.3 Å². The highest BCUT2D eigenvalue weighted by atomic mass is 16.5. The summed E-state index contributed by atoms with van der Waals surface area (Å²) in [5, 5.41) is 28.5. The van der Waals surface area contributed by atoms with Crippen molar-refractivity contribution in [3.63, 3.8) is 0 Å². The van der Waals surface area contributed by atoms with Gasteiger partial charge in [0.25, 0.3) is 0 Å². The number of ether oxygens (including phenoxy) is 1. The Bertz CT molecular complexity index is 209. The summed E-state index contributed by atoms with van der Waals surface area (Å²) in [6, 6.07) is 0. The third kappa shape index (κ3) is 2.50. The largest absolute Gasteiger partial charge is 0.394 e. The predicted molar refractivity (Wildman–Crippen MR) is 56.4 cm³/mol. The van der Waals surface area contributed by atoms with E-state index in [0.29, 0.717) is 0 Å². The van der Waals surface area contributed by atoms with Crippen molar-refractivity contribution < 1.29 is 20.1 Å². The molecule has 0 amide bonds. The van der Waals surface area contributed by atoms with E-state index in [-0.39, 0.29) is 24.0 Å². The van der Waals surface area contributed by atoms with Crippen LogP contribution in [0.15, 0.2) is 0 Å². The van der Waals surface area contributed by atoms with Crippen molar-refractivity contribution in [1.29, 1.82) is 0 Å². The zero-order chi connectivity index (χ0) is 11.8. The van der Waals surface area contributed by atoms with E-state index in [0.717, 1.165) is 0 Å². The summed E-state index contributed by atoms with van der Waals surface area (Å²) in [6.07, 6.45) is -2.67. The summed E-state index contributed by atoms with van der Waals surface area (Å²) in [6.45, 7) is 7.65. The van der Waals surface area contributed by atoms with Gasteiger partial charge in [-0.25, -0.2) is 0 Å². The van der Waals surface area contributed by atoms with E-state index in [1.807, 2.05) is 27.7 Å². The van der Waals surface area contributed by atoms with Gasteiger partial charge in [0.1, 0.15) is 12.2 Å². The molecular weight excluding hydrogens is 196 g/mol. The number of aliphatic hydroxyl groups is 3. The number of hydrogen-bond donors (Lipinski definition) is 3. The van der Waals surface area contributed by atoms with Gasteiger partial charge in [0, 0.05) is 5.92 Å². The fourth-order valence-corrected chi connectivity index (χ4v) is 2.25. The molecule has 0 aromatic rings. The summed E-state index contributed by atoms with van der Waals surface area (Å²) in [5.41, 5.74) is -0.117. The van der Waals surface area contributed by atoms with Crippen LogP contribution in [0.4, 0.5) is 0 Å². The van der Waals surface area contributed by atoms with Crippen LogP contribution in [0, 0.1) is 11.3 Å². The van der Waals surface area contributed by atoms with E-state index in [2.05, 4.69) is 0 Å². The Kier molecular flexibility index (Phi) is 3.76. The molecule has 1 heterocycles. The standard InChI is InChI=1S/C11H22O4/c1-6-8(13)9(14)7(5-12)15-10(6)11(2,3)4/h6-10,12-14H,5H2,1-4H3/t6?,7?,8-,9-,10+/m1/s1. The average molecular weight is 218 g/mol. The van der Waals surface area contributed by atoms with E-state index in [1.54, 1.807) is 0 Å². The van der Waals surface area contributed by atoms with E-state index >= 15 is 0 Å². The molecule has 1 fully saturated rings. The van der Waals surface area contributed by atoms with Crippen LogP contribution in [0.3, 0.4) is 0 Å². The van der Waals surface area contributed by atoms with Gasteiger partial charge in [-0.1, -0.05) is 27.7 Å². The molecule has 1 aliphatic heterocycles. The van der Waals surface area contributed by atoms with Crippen LogP contribution in [0.1, 0.15) is 27.7 Å². The summed E-state index contributed by atoms with van der Waals surface area (Å²) in [7, 11) is 0. The predicted octanol–water partition coefficient (Wildman–Crippen LogP) is 0.150. The van der Waals surface area contributed by atoms with Crippen molar-refractivity contribution >= 4 is 0 Å². The van der Waals surface area contributed by atoms with E-state index in [1.165, 1.54) is 0 Å². The van der Waals surface area contributed by atoms with Crippen molar-refractivity contribution in [2.24, 2.45) is 11.3 Å². The zero-order valence-electron chi connectivity index (χ0n) is 9.84. The lowest BCUT2D eigenvalue weighted by molar-refractivity contribution is -0.228. The van der Waals surface area contributed by atoms with Gasteiger partial charge < -0.3 is 20.1 Å². The van der Waals surface area contributed by atoms with E-state index in [9.17, 15) is 10.2 Å². The van der Waals surface area contributed by atoms with Gasteiger partial charge in [0.2, 0.25) is 0 Å². The summed E-state index contributed by atoms with van der Waals surface area (Å²) >= 11 is 0. The molecule has 0 bridgehead atoms. The van der Waals surface area contributed by atoms with Crippen molar-refractivity contribution in [1.82, 2.24) is 0 Å². The van der Waals surface area contributed by atoms with Gasteiger partial charge in [0.15, 0.2) is 0 Å². The summed E-state index contributed by atoms with van der Waals surface area (Å²) in [4.78, 5) is 0. The van der Waals surface area contributed by atoms with Crippen LogP contribution in [-0.4, -0.2) is 46.3 Å². The summed E-state index contributed by atoms with van der Waals surface area (Å²) in [5.74, 6) is -0.136. The van der Waals surface area contributed by atoms with Gasteiger partial charge in [-0.15, -0.1) is 0 Å². The molecule has 0 radical (unpaired) electrons. The molecule has 1 saturated heterocycles.